The van der Waals surface area contributed by atoms with Crippen molar-refractivity contribution in [3.8, 4) is 17.3 Å². The van der Waals surface area contributed by atoms with Crippen LogP contribution < -0.4 is 0 Å². The second-order valence-corrected chi connectivity index (χ2v) is 6.71. The lowest BCUT2D eigenvalue weighted by Crippen LogP contribution is -2.48. The van der Waals surface area contributed by atoms with Gasteiger partial charge in [-0.1, -0.05) is 19.1 Å². The van der Waals surface area contributed by atoms with Crippen molar-refractivity contribution in [3.05, 3.63) is 54.0 Å². The van der Waals surface area contributed by atoms with Gasteiger partial charge in [0.1, 0.15) is 0 Å². The maximum Gasteiger partial charge on any atom is 0.293 e. The van der Waals surface area contributed by atoms with Gasteiger partial charge in [-0.3, -0.25) is 4.79 Å². The molecule has 3 heterocycles. The van der Waals surface area contributed by atoms with E-state index in [-0.39, 0.29) is 11.7 Å². The predicted molar refractivity (Wildman–Crippen MR) is 102 cm³/mol. The summed E-state index contributed by atoms with van der Waals surface area (Å²) in [4.78, 5) is 21.7. The summed E-state index contributed by atoms with van der Waals surface area (Å²) in [5, 5.41) is 4.53. The highest BCUT2D eigenvalue weighted by atomic mass is 16.3. The van der Waals surface area contributed by atoms with E-state index in [0.717, 1.165) is 30.9 Å². The summed E-state index contributed by atoms with van der Waals surface area (Å²) >= 11 is 0. The van der Waals surface area contributed by atoms with Crippen molar-refractivity contribution in [2.24, 2.45) is 0 Å². The molecule has 27 heavy (non-hydrogen) atoms. The first-order valence-corrected chi connectivity index (χ1v) is 9.25. The quantitative estimate of drug-likeness (QED) is 0.711. The fraction of sp³-hybridized carbons (Fsp3) is 0.350. The molecule has 1 saturated heterocycles. The molecule has 1 fully saturated rings. The van der Waals surface area contributed by atoms with E-state index in [1.165, 1.54) is 0 Å². The topological polar surface area (TPSA) is 67.4 Å². The van der Waals surface area contributed by atoms with Gasteiger partial charge in [0, 0.05) is 26.2 Å². The monoisotopic (exact) mass is 365 g/mol. The number of rotatable bonds is 4. The summed E-state index contributed by atoms with van der Waals surface area (Å²) in [6.07, 6.45) is 1.59. The van der Waals surface area contributed by atoms with Crippen molar-refractivity contribution in [1.29, 1.82) is 0 Å². The fourth-order valence-electron chi connectivity index (χ4n) is 3.32. The molecule has 0 spiro atoms. The Kier molecular flexibility index (Phi) is 4.77. The van der Waals surface area contributed by atoms with Crippen molar-refractivity contribution < 1.29 is 9.21 Å². The van der Waals surface area contributed by atoms with Crippen LogP contribution in [0.4, 0.5) is 0 Å². The molecular formula is C20H23N5O2. The zero-order chi connectivity index (χ0) is 18.8. The molecule has 2 aromatic heterocycles. The van der Waals surface area contributed by atoms with Crippen LogP contribution >= 0.6 is 0 Å². The fourth-order valence-corrected chi connectivity index (χ4v) is 3.32. The molecule has 3 aromatic rings. The van der Waals surface area contributed by atoms with Crippen molar-refractivity contribution in [3.63, 3.8) is 0 Å². The van der Waals surface area contributed by atoms with Crippen LogP contribution in [-0.2, 0) is 0 Å². The molecular weight excluding hydrogens is 342 g/mol. The minimum Gasteiger partial charge on any atom is -0.461 e. The van der Waals surface area contributed by atoms with Crippen molar-refractivity contribution in [2.75, 3.05) is 32.7 Å². The summed E-state index contributed by atoms with van der Waals surface area (Å²) in [6.45, 7) is 8.32. The Labute approximate surface area is 158 Å². The molecule has 1 amide bonds. The van der Waals surface area contributed by atoms with Crippen LogP contribution in [0.2, 0.25) is 0 Å². The molecule has 1 aliphatic rings. The highest BCUT2D eigenvalue weighted by molar-refractivity contribution is 5.91. The molecule has 1 aliphatic heterocycles. The maximum atomic E-state index is 13.0. The summed E-state index contributed by atoms with van der Waals surface area (Å²) in [5.41, 5.74) is 1.96. The van der Waals surface area contributed by atoms with E-state index in [0.29, 0.717) is 24.7 Å². The lowest BCUT2D eigenvalue weighted by molar-refractivity contribution is 0.0631. The molecule has 0 atom stereocenters. The van der Waals surface area contributed by atoms with Crippen LogP contribution in [-0.4, -0.2) is 63.2 Å². The largest absolute Gasteiger partial charge is 0.461 e. The number of benzene rings is 1. The number of hydrogen-bond acceptors (Lipinski definition) is 5. The Morgan fingerprint density at radius 1 is 1.15 bits per heavy atom. The van der Waals surface area contributed by atoms with Crippen molar-refractivity contribution >= 4 is 5.91 Å². The molecule has 0 N–H and O–H groups in total. The van der Waals surface area contributed by atoms with E-state index in [1.807, 2.05) is 42.2 Å². The van der Waals surface area contributed by atoms with Gasteiger partial charge in [-0.15, -0.1) is 5.10 Å². The molecule has 0 bridgehead atoms. The number of carbonyl (C=O) groups excluding carboxylic acids is 1. The van der Waals surface area contributed by atoms with Crippen LogP contribution in [0.1, 0.15) is 23.1 Å². The minimum atomic E-state index is -0.134. The first kappa shape index (κ1) is 17.5. The molecule has 0 saturated carbocycles. The van der Waals surface area contributed by atoms with Gasteiger partial charge < -0.3 is 14.2 Å². The van der Waals surface area contributed by atoms with Crippen molar-refractivity contribution in [2.45, 2.75) is 13.8 Å². The zero-order valence-electron chi connectivity index (χ0n) is 15.6. The predicted octanol–water partition coefficient (Wildman–Crippen LogP) is 2.61. The normalized spacial score (nSPS) is 15.3. The van der Waals surface area contributed by atoms with Gasteiger partial charge in [-0.05, 0) is 43.3 Å². The van der Waals surface area contributed by atoms with Gasteiger partial charge in [0.05, 0.1) is 12.0 Å². The van der Waals surface area contributed by atoms with E-state index in [4.69, 9.17) is 4.42 Å². The van der Waals surface area contributed by atoms with Gasteiger partial charge >= 0.3 is 0 Å². The number of amides is 1. The molecule has 140 valence electrons. The number of aryl methyl sites for hydroxylation is 1. The molecule has 7 heteroatoms. The number of likely N-dealkylation sites (N-methyl/N-ethyl adjacent to an activating group) is 1. The minimum absolute atomic E-state index is 0.134. The van der Waals surface area contributed by atoms with E-state index in [1.54, 1.807) is 17.0 Å². The number of nitrogens with zero attached hydrogens (tertiary/aromatic N) is 5. The third-order valence-electron chi connectivity index (χ3n) is 4.89. The number of aromatic nitrogens is 3. The third kappa shape index (κ3) is 3.50. The Bertz CT molecular complexity index is 924. The Hall–Kier alpha value is -2.93. The van der Waals surface area contributed by atoms with Gasteiger partial charge in [0.25, 0.3) is 5.91 Å². The molecule has 0 unspecified atom stereocenters. The maximum absolute atomic E-state index is 13.0. The first-order valence-electron chi connectivity index (χ1n) is 9.25. The van der Waals surface area contributed by atoms with Crippen LogP contribution in [0, 0.1) is 6.92 Å². The van der Waals surface area contributed by atoms with Gasteiger partial charge in [-0.25, -0.2) is 4.68 Å². The molecule has 0 radical (unpaired) electrons. The second-order valence-electron chi connectivity index (χ2n) is 6.71. The zero-order valence-corrected chi connectivity index (χ0v) is 15.6. The highest BCUT2D eigenvalue weighted by Crippen LogP contribution is 2.23. The van der Waals surface area contributed by atoms with Crippen LogP contribution in [0.3, 0.4) is 0 Å². The second kappa shape index (κ2) is 7.36. The highest BCUT2D eigenvalue weighted by Gasteiger charge is 2.26. The summed E-state index contributed by atoms with van der Waals surface area (Å²) in [5.74, 6) is 1.18. The van der Waals surface area contributed by atoms with E-state index < -0.39 is 0 Å². The Morgan fingerprint density at radius 2 is 1.96 bits per heavy atom. The summed E-state index contributed by atoms with van der Waals surface area (Å²) < 4.78 is 7.21. The Morgan fingerprint density at radius 3 is 2.63 bits per heavy atom. The first-order chi connectivity index (χ1) is 13.2. The SMILES string of the molecule is CCN1CCN(C(=O)c2nc(-c3ccco3)n(-c3cccc(C)c3)n2)CC1. The average Bonchev–Trinajstić information content (AvgIpc) is 3.37. The molecule has 4 rings (SSSR count). The number of piperazine rings is 1. The number of hydrogen-bond donors (Lipinski definition) is 0. The molecule has 7 nitrogen and oxygen atoms in total. The summed E-state index contributed by atoms with van der Waals surface area (Å²) in [6, 6.07) is 11.6. The molecule has 0 aliphatic carbocycles. The summed E-state index contributed by atoms with van der Waals surface area (Å²) in [7, 11) is 0. The van der Waals surface area contributed by atoms with E-state index >= 15 is 0 Å². The van der Waals surface area contributed by atoms with Gasteiger partial charge in [0.15, 0.2) is 11.6 Å². The lowest BCUT2D eigenvalue weighted by atomic mass is 10.2. The number of furan rings is 1. The average molecular weight is 365 g/mol. The van der Waals surface area contributed by atoms with Gasteiger partial charge in [-0.2, -0.15) is 4.98 Å². The van der Waals surface area contributed by atoms with Crippen molar-refractivity contribution in [1.82, 2.24) is 24.6 Å². The van der Waals surface area contributed by atoms with Crippen LogP contribution in [0.25, 0.3) is 17.3 Å². The van der Waals surface area contributed by atoms with Gasteiger partial charge in [0.2, 0.25) is 5.82 Å². The van der Waals surface area contributed by atoms with Crippen LogP contribution in [0.15, 0.2) is 47.1 Å². The lowest BCUT2D eigenvalue weighted by Gasteiger charge is -2.33. The van der Waals surface area contributed by atoms with Crippen LogP contribution in [0.5, 0.6) is 0 Å². The van der Waals surface area contributed by atoms with E-state index in [2.05, 4.69) is 21.9 Å². The van der Waals surface area contributed by atoms with E-state index in [9.17, 15) is 4.79 Å². The standard InChI is InChI=1S/C20H23N5O2/c1-3-23-9-11-24(12-10-23)20(26)18-21-19(17-8-5-13-27-17)25(22-18)16-7-4-6-15(2)14-16/h4-8,13-14H,3,9-12H2,1-2H3. The number of carbonyl (C=O) groups is 1. The molecule has 1 aromatic carbocycles. The Balaban J connectivity index is 1.68. The third-order valence-corrected chi connectivity index (χ3v) is 4.89. The smallest absolute Gasteiger partial charge is 0.293 e.